The Labute approximate surface area is 464 Å². The number of aliphatic hydroxyl groups excluding tert-OH is 1. The Morgan fingerprint density at radius 1 is 0.467 bits per heavy atom. The van der Waals surface area contributed by atoms with E-state index < -0.39 is 20.0 Å². The number of nitrogens with one attached hydrogen (secondary N) is 1. The maximum Gasteiger partial charge on any atom is 0.472 e. The number of rotatable bonds is 56. The molecule has 75 heavy (non-hydrogen) atoms. The minimum absolute atomic E-state index is 0.0547. The van der Waals surface area contributed by atoms with E-state index in [0.717, 1.165) is 77.0 Å². The van der Waals surface area contributed by atoms with Gasteiger partial charge in [0.05, 0.1) is 39.9 Å². The van der Waals surface area contributed by atoms with E-state index in [9.17, 15) is 19.4 Å². The largest absolute Gasteiger partial charge is 0.472 e. The molecule has 3 atom stereocenters. The highest BCUT2D eigenvalue weighted by atomic mass is 31.2. The topological polar surface area (TPSA) is 105 Å². The molecule has 0 aliphatic rings. The lowest BCUT2D eigenvalue weighted by Crippen LogP contribution is -2.45. The Morgan fingerprint density at radius 2 is 0.813 bits per heavy atom. The van der Waals surface area contributed by atoms with E-state index in [2.05, 4.69) is 104 Å². The maximum atomic E-state index is 13.0. The van der Waals surface area contributed by atoms with Crippen LogP contribution in [0, 0.1) is 0 Å². The van der Waals surface area contributed by atoms with E-state index in [1.807, 2.05) is 27.2 Å². The Balaban J connectivity index is 3.90. The second-order valence-corrected chi connectivity index (χ2v) is 23.5. The first kappa shape index (κ1) is 72.4. The number of phosphoric acid groups is 1. The lowest BCUT2D eigenvalue weighted by molar-refractivity contribution is -0.870. The summed E-state index contributed by atoms with van der Waals surface area (Å²) in [5.74, 6) is -0.187. The smallest absolute Gasteiger partial charge is 0.387 e. The molecule has 0 radical (unpaired) electrons. The van der Waals surface area contributed by atoms with Crippen molar-refractivity contribution >= 4 is 13.7 Å². The summed E-state index contributed by atoms with van der Waals surface area (Å²) in [4.78, 5) is 23.2. The molecule has 0 aromatic heterocycles. The van der Waals surface area contributed by atoms with Crippen LogP contribution in [0.2, 0.25) is 0 Å². The second-order valence-electron chi connectivity index (χ2n) is 22.0. The summed E-state index contributed by atoms with van der Waals surface area (Å²) < 4.78 is 23.6. The van der Waals surface area contributed by atoms with Gasteiger partial charge in [0, 0.05) is 6.42 Å². The summed E-state index contributed by atoms with van der Waals surface area (Å²) in [6.07, 6.45) is 81.2. The fraction of sp³-hybridized carbons (Fsp3) is 0.742. The number of likely N-dealkylation sites (N-methyl/N-ethyl adjacent to an activating group) is 1. The standard InChI is InChI=1S/C66H119N2O6P/c1-6-8-10-12-14-16-18-20-21-22-23-24-25-26-27-28-29-30-31-32-33-34-35-36-37-38-39-40-41-42-43-44-45-46-47-48-50-52-54-56-58-60-66(70)67-64(63-74-75(71,72)73-62-61-68(3,4)5)65(69)59-57-55-53-51-49-19-17-15-13-11-9-7-2/h8,10,14,16,20-21,23-24,26-27,29-30,49,51,57,59,64-65,69H,6-7,9,11-13,15,17-19,22,25,28,31-48,50,52-56,58,60-63H2,1-5H3,(H-,67,70,71,72)/p+1/b10-8-,16-14-,21-20-,24-23-,27-26-,30-29-,51-49+,59-57+. The average Bonchev–Trinajstić information content (AvgIpc) is 3.37. The zero-order valence-corrected chi connectivity index (χ0v) is 50.4. The van der Waals surface area contributed by atoms with Gasteiger partial charge < -0.3 is 19.8 Å². The number of phosphoric ester groups is 1. The summed E-state index contributed by atoms with van der Waals surface area (Å²) in [6, 6.07) is -0.864. The molecule has 9 heteroatoms. The van der Waals surface area contributed by atoms with E-state index in [4.69, 9.17) is 9.05 Å². The van der Waals surface area contributed by atoms with Gasteiger partial charge in [-0.25, -0.2) is 4.57 Å². The van der Waals surface area contributed by atoms with Crippen LogP contribution in [0.1, 0.15) is 264 Å². The number of amides is 1. The van der Waals surface area contributed by atoms with Crippen LogP contribution in [-0.4, -0.2) is 73.4 Å². The average molecular weight is 1070 g/mol. The predicted octanol–water partition coefficient (Wildman–Crippen LogP) is 19.4. The molecule has 1 amide bonds. The number of nitrogens with zero attached hydrogens (tertiary/aromatic N) is 1. The minimum Gasteiger partial charge on any atom is -0.387 e. The molecule has 0 aliphatic carbocycles. The van der Waals surface area contributed by atoms with Crippen LogP contribution in [0.4, 0.5) is 0 Å². The van der Waals surface area contributed by atoms with Crippen LogP contribution in [0.3, 0.4) is 0 Å². The number of carbonyl (C=O) groups is 1. The van der Waals surface area contributed by atoms with Crippen molar-refractivity contribution in [2.45, 2.75) is 276 Å². The van der Waals surface area contributed by atoms with Crippen LogP contribution in [0.5, 0.6) is 0 Å². The molecule has 0 fully saturated rings. The van der Waals surface area contributed by atoms with Gasteiger partial charge in [0.25, 0.3) is 0 Å². The van der Waals surface area contributed by atoms with Crippen molar-refractivity contribution in [3.63, 3.8) is 0 Å². The van der Waals surface area contributed by atoms with Gasteiger partial charge in [-0.1, -0.05) is 272 Å². The van der Waals surface area contributed by atoms with Gasteiger partial charge in [0.2, 0.25) is 5.91 Å². The normalized spacial score (nSPS) is 14.5. The van der Waals surface area contributed by atoms with Gasteiger partial charge in [-0.3, -0.25) is 13.8 Å². The lowest BCUT2D eigenvalue weighted by Gasteiger charge is -2.25. The highest BCUT2D eigenvalue weighted by Gasteiger charge is 2.27. The Morgan fingerprint density at radius 3 is 1.23 bits per heavy atom. The third kappa shape index (κ3) is 58.9. The summed E-state index contributed by atoms with van der Waals surface area (Å²) in [5, 5.41) is 13.9. The number of hydrogen-bond acceptors (Lipinski definition) is 5. The van der Waals surface area contributed by atoms with E-state index in [1.54, 1.807) is 6.08 Å². The zero-order chi connectivity index (χ0) is 54.9. The van der Waals surface area contributed by atoms with Crippen molar-refractivity contribution < 1.29 is 32.9 Å². The van der Waals surface area contributed by atoms with Crippen molar-refractivity contribution in [2.24, 2.45) is 0 Å². The molecule has 0 bridgehead atoms. The Bertz CT molecular complexity index is 1540. The summed E-state index contributed by atoms with van der Waals surface area (Å²) in [7, 11) is 1.55. The first-order chi connectivity index (χ1) is 36.5. The molecule has 0 saturated carbocycles. The molecular weight excluding hydrogens is 948 g/mol. The molecule has 0 rings (SSSR count). The molecule has 434 valence electrons. The van der Waals surface area contributed by atoms with Crippen LogP contribution in [0.15, 0.2) is 97.2 Å². The monoisotopic (exact) mass is 1070 g/mol. The molecule has 0 heterocycles. The Kier molecular flexibility index (Phi) is 54.2. The number of aliphatic hydroxyl groups is 1. The third-order valence-corrected chi connectivity index (χ3v) is 14.5. The van der Waals surface area contributed by atoms with Crippen molar-refractivity contribution in [1.82, 2.24) is 5.32 Å². The molecule has 0 aromatic rings. The SMILES string of the molecule is CC/C=C\C/C=C\C/C=C\C/C=C\C/C=C\C/C=C\CCCCCCCCCCCCCCCCCCCCCCCCC(=O)NC(COP(=O)(O)OCC[N+](C)(C)C)C(O)/C=C/CC/C=C/CCCCCCCC. The summed E-state index contributed by atoms with van der Waals surface area (Å²) >= 11 is 0. The van der Waals surface area contributed by atoms with Gasteiger partial charge in [-0.15, -0.1) is 0 Å². The number of unbranched alkanes of at least 4 members (excludes halogenated alkanes) is 29. The molecule has 0 aliphatic heterocycles. The first-order valence-electron chi connectivity index (χ1n) is 31.1. The summed E-state index contributed by atoms with van der Waals surface area (Å²) in [6.45, 7) is 4.66. The second kappa shape index (κ2) is 56.2. The molecule has 0 saturated heterocycles. The molecule has 3 unspecified atom stereocenters. The first-order valence-corrected chi connectivity index (χ1v) is 32.6. The van der Waals surface area contributed by atoms with Crippen LogP contribution in [-0.2, 0) is 18.4 Å². The van der Waals surface area contributed by atoms with E-state index in [0.29, 0.717) is 17.4 Å². The van der Waals surface area contributed by atoms with E-state index >= 15 is 0 Å². The van der Waals surface area contributed by atoms with Crippen molar-refractivity contribution in [3.05, 3.63) is 97.2 Å². The number of allylic oxidation sites excluding steroid dienone is 15. The zero-order valence-electron chi connectivity index (χ0n) is 49.5. The van der Waals surface area contributed by atoms with Crippen molar-refractivity contribution in [1.29, 1.82) is 0 Å². The molecule has 8 nitrogen and oxygen atoms in total. The Hall–Kier alpha value is -2.58. The quantitative estimate of drug-likeness (QED) is 0.0243. The molecule has 0 spiro atoms. The number of quaternary nitrogens is 1. The van der Waals surface area contributed by atoms with Gasteiger partial charge in [-0.2, -0.15) is 0 Å². The van der Waals surface area contributed by atoms with Gasteiger partial charge in [0.15, 0.2) is 0 Å². The fourth-order valence-electron chi connectivity index (χ4n) is 8.71. The van der Waals surface area contributed by atoms with E-state index in [-0.39, 0.29) is 19.1 Å². The van der Waals surface area contributed by atoms with Crippen LogP contribution >= 0.6 is 7.82 Å². The molecule has 3 N–H and O–H groups in total. The van der Waals surface area contributed by atoms with E-state index in [1.165, 1.54) is 167 Å². The van der Waals surface area contributed by atoms with Crippen molar-refractivity contribution in [3.8, 4) is 0 Å². The van der Waals surface area contributed by atoms with Gasteiger partial charge in [-0.05, 0) is 83.5 Å². The van der Waals surface area contributed by atoms with Crippen molar-refractivity contribution in [2.75, 3.05) is 40.9 Å². The highest BCUT2D eigenvalue weighted by molar-refractivity contribution is 7.47. The fourth-order valence-corrected chi connectivity index (χ4v) is 9.45. The lowest BCUT2D eigenvalue weighted by atomic mass is 10.0. The molecular formula is C66H120N2O6P+. The number of carbonyl (C=O) groups excluding carboxylic acids is 1. The predicted molar refractivity (Wildman–Crippen MR) is 327 cm³/mol. The van der Waals surface area contributed by atoms with Gasteiger partial charge in [0.1, 0.15) is 13.2 Å². The third-order valence-electron chi connectivity index (χ3n) is 13.5. The van der Waals surface area contributed by atoms with Gasteiger partial charge >= 0.3 is 7.82 Å². The minimum atomic E-state index is -4.35. The van der Waals surface area contributed by atoms with Crippen LogP contribution in [0.25, 0.3) is 0 Å². The summed E-state index contributed by atoms with van der Waals surface area (Å²) in [5.41, 5.74) is 0. The van der Waals surface area contributed by atoms with Crippen LogP contribution < -0.4 is 5.32 Å². The maximum absolute atomic E-state index is 13.0. The number of hydrogen-bond donors (Lipinski definition) is 3. The highest BCUT2D eigenvalue weighted by Crippen LogP contribution is 2.43. The molecule has 0 aromatic carbocycles.